The molecule has 21 heavy (non-hydrogen) atoms. The number of halogens is 1. The number of carbonyl (C=O) groups excluding carboxylic acids is 1. The van der Waals surface area contributed by atoms with Gasteiger partial charge in [-0.2, -0.15) is 0 Å². The van der Waals surface area contributed by atoms with Crippen molar-refractivity contribution >= 4 is 35.8 Å². The molecule has 1 saturated heterocycles. The first-order valence-electron chi connectivity index (χ1n) is 6.52. The Morgan fingerprint density at radius 3 is 2.71 bits per heavy atom. The van der Waals surface area contributed by atoms with Crippen LogP contribution in [0.25, 0.3) is 0 Å². The smallest absolute Gasteiger partial charge is 0.269 e. The Balaban J connectivity index is 0.00000220. The summed E-state index contributed by atoms with van der Waals surface area (Å²) in [5, 5.41) is 16.8. The summed E-state index contributed by atoms with van der Waals surface area (Å²) in [5.74, 6) is 0.330. The number of nitrogens with one attached hydrogen (secondary N) is 2. The molecule has 1 aliphatic heterocycles. The molecular weight excluding hydrogens is 314 g/mol. The minimum absolute atomic E-state index is 0. The lowest BCUT2D eigenvalue weighted by atomic mass is 10.1. The first kappa shape index (κ1) is 17.7. The molecule has 2 N–H and O–H groups in total. The molecule has 1 fully saturated rings. The van der Waals surface area contributed by atoms with Crippen LogP contribution < -0.4 is 10.6 Å². The van der Waals surface area contributed by atoms with E-state index in [9.17, 15) is 14.9 Å². The number of nitro benzene ring substituents is 1. The third-order valence-electron chi connectivity index (χ3n) is 3.08. The van der Waals surface area contributed by atoms with Crippen LogP contribution >= 0.6 is 24.2 Å². The number of hydrogen-bond donors (Lipinski definition) is 2. The molecule has 8 heteroatoms. The fourth-order valence-electron chi connectivity index (χ4n) is 2.06. The first-order valence-corrected chi connectivity index (χ1v) is 7.51. The fraction of sp³-hybridized carbons (Fsp3) is 0.462. The van der Waals surface area contributed by atoms with Crippen molar-refractivity contribution in [1.82, 2.24) is 10.6 Å². The van der Waals surface area contributed by atoms with Gasteiger partial charge in [-0.3, -0.25) is 14.9 Å². The summed E-state index contributed by atoms with van der Waals surface area (Å²) in [7, 11) is 0. The molecule has 2 rings (SSSR count). The summed E-state index contributed by atoms with van der Waals surface area (Å²) in [6.07, 6.45) is 2.10. The second-order valence-electron chi connectivity index (χ2n) is 4.65. The van der Waals surface area contributed by atoms with Crippen molar-refractivity contribution in [1.29, 1.82) is 0 Å². The lowest BCUT2D eigenvalue weighted by molar-refractivity contribution is -0.384. The Kier molecular flexibility index (Phi) is 7.49. The highest BCUT2D eigenvalue weighted by Gasteiger charge is 2.15. The van der Waals surface area contributed by atoms with Gasteiger partial charge in [0.2, 0.25) is 5.91 Å². The van der Waals surface area contributed by atoms with Gasteiger partial charge in [-0.1, -0.05) is 0 Å². The van der Waals surface area contributed by atoms with Gasteiger partial charge in [0.05, 0.1) is 10.7 Å². The number of piperidine rings is 1. The van der Waals surface area contributed by atoms with E-state index in [2.05, 4.69) is 10.6 Å². The van der Waals surface area contributed by atoms with E-state index in [1.54, 1.807) is 12.1 Å². The molecule has 0 radical (unpaired) electrons. The zero-order valence-electron chi connectivity index (χ0n) is 11.4. The van der Waals surface area contributed by atoms with Gasteiger partial charge in [0.15, 0.2) is 0 Å². The van der Waals surface area contributed by atoms with Crippen molar-refractivity contribution in [2.24, 2.45) is 0 Å². The number of benzene rings is 1. The zero-order chi connectivity index (χ0) is 14.4. The Morgan fingerprint density at radius 1 is 1.43 bits per heavy atom. The highest BCUT2D eigenvalue weighted by molar-refractivity contribution is 8.00. The maximum atomic E-state index is 11.8. The van der Waals surface area contributed by atoms with E-state index in [0.717, 1.165) is 30.8 Å². The van der Waals surface area contributed by atoms with Crippen LogP contribution in [0.2, 0.25) is 0 Å². The van der Waals surface area contributed by atoms with Crippen LogP contribution in [-0.2, 0) is 4.79 Å². The second-order valence-corrected chi connectivity index (χ2v) is 5.70. The second kappa shape index (κ2) is 8.86. The van der Waals surface area contributed by atoms with Gasteiger partial charge in [0.25, 0.3) is 5.69 Å². The lowest BCUT2D eigenvalue weighted by Crippen LogP contribution is -2.46. The largest absolute Gasteiger partial charge is 0.351 e. The maximum absolute atomic E-state index is 11.8. The normalized spacial score (nSPS) is 17.6. The molecule has 0 saturated carbocycles. The van der Waals surface area contributed by atoms with Crippen molar-refractivity contribution in [3.63, 3.8) is 0 Å². The summed E-state index contributed by atoms with van der Waals surface area (Å²) in [6, 6.07) is 6.45. The molecular formula is C13H18ClN3O3S. The SMILES string of the molecule is Cl.O=C(CSc1ccc([N+](=O)[O-])cc1)N[C@H]1CCCNC1. The van der Waals surface area contributed by atoms with E-state index >= 15 is 0 Å². The topological polar surface area (TPSA) is 84.3 Å². The number of carbonyl (C=O) groups is 1. The van der Waals surface area contributed by atoms with E-state index in [0.29, 0.717) is 5.75 Å². The van der Waals surface area contributed by atoms with Crippen LogP contribution in [0, 0.1) is 10.1 Å². The average molecular weight is 332 g/mol. The van der Waals surface area contributed by atoms with Gasteiger partial charge in [0, 0.05) is 29.6 Å². The summed E-state index contributed by atoms with van der Waals surface area (Å²) in [6.45, 7) is 1.85. The van der Waals surface area contributed by atoms with E-state index < -0.39 is 4.92 Å². The van der Waals surface area contributed by atoms with Crippen molar-refractivity contribution in [2.75, 3.05) is 18.8 Å². The van der Waals surface area contributed by atoms with Crippen molar-refractivity contribution in [2.45, 2.75) is 23.8 Å². The van der Waals surface area contributed by atoms with Crippen LogP contribution in [0.5, 0.6) is 0 Å². The Morgan fingerprint density at radius 2 is 2.14 bits per heavy atom. The molecule has 116 valence electrons. The van der Waals surface area contributed by atoms with Gasteiger partial charge in [0.1, 0.15) is 0 Å². The first-order chi connectivity index (χ1) is 9.65. The third kappa shape index (κ3) is 5.91. The number of nitrogens with zero attached hydrogens (tertiary/aromatic N) is 1. The summed E-state index contributed by atoms with van der Waals surface area (Å²) in [4.78, 5) is 22.7. The van der Waals surface area contributed by atoms with Gasteiger partial charge < -0.3 is 10.6 Å². The van der Waals surface area contributed by atoms with Crippen LogP contribution in [0.1, 0.15) is 12.8 Å². The Labute approximate surface area is 133 Å². The number of rotatable bonds is 5. The standard InChI is InChI=1S/C13H17N3O3S.ClH/c17-13(15-10-2-1-7-14-8-10)9-20-12-5-3-11(4-6-12)16(18)19;/h3-6,10,14H,1-2,7-9H2,(H,15,17);1H/t10-;/m0./s1. The highest BCUT2D eigenvalue weighted by atomic mass is 35.5. The predicted octanol–water partition coefficient (Wildman–Crippen LogP) is 1.98. The van der Waals surface area contributed by atoms with Gasteiger partial charge in [-0.05, 0) is 31.5 Å². The minimum atomic E-state index is -0.433. The fourth-order valence-corrected chi connectivity index (χ4v) is 2.77. The molecule has 0 aromatic heterocycles. The number of hydrogen-bond acceptors (Lipinski definition) is 5. The molecule has 1 aromatic carbocycles. The Bertz CT molecular complexity index is 478. The molecule has 0 bridgehead atoms. The number of thioether (sulfide) groups is 1. The molecule has 0 spiro atoms. The molecule has 0 unspecified atom stereocenters. The Hall–Kier alpha value is -1.31. The van der Waals surface area contributed by atoms with Crippen molar-refractivity contribution < 1.29 is 9.72 Å². The van der Waals surface area contributed by atoms with Crippen LogP contribution in [0.4, 0.5) is 5.69 Å². The summed E-state index contributed by atoms with van der Waals surface area (Å²) in [5.41, 5.74) is 0.0621. The van der Waals surface area contributed by atoms with Crippen LogP contribution in [0.3, 0.4) is 0 Å². The number of non-ortho nitro benzene ring substituents is 1. The van der Waals surface area contributed by atoms with E-state index in [-0.39, 0.29) is 30.0 Å². The van der Waals surface area contributed by atoms with Crippen LogP contribution in [-0.4, -0.2) is 35.7 Å². The maximum Gasteiger partial charge on any atom is 0.269 e. The molecule has 1 atom stereocenters. The van der Waals surface area contributed by atoms with E-state index in [4.69, 9.17) is 0 Å². The zero-order valence-corrected chi connectivity index (χ0v) is 13.0. The van der Waals surface area contributed by atoms with Gasteiger partial charge >= 0.3 is 0 Å². The third-order valence-corrected chi connectivity index (χ3v) is 4.09. The minimum Gasteiger partial charge on any atom is -0.351 e. The molecule has 6 nitrogen and oxygen atoms in total. The molecule has 1 amide bonds. The number of nitro groups is 1. The predicted molar refractivity (Wildman–Crippen MR) is 85.1 cm³/mol. The summed E-state index contributed by atoms with van der Waals surface area (Å²) < 4.78 is 0. The van der Waals surface area contributed by atoms with Crippen molar-refractivity contribution in [3.05, 3.63) is 34.4 Å². The van der Waals surface area contributed by atoms with E-state index in [1.807, 2.05) is 0 Å². The highest BCUT2D eigenvalue weighted by Crippen LogP contribution is 2.21. The van der Waals surface area contributed by atoms with Gasteiger partial charge in [-0.25, -0.2) is 0 Å². The van der Waals surface area contributed by atoms with Gasteiger partial charge in [-0.15, -0.1) is 24.2 Å². The quantitative estimate of drug-likeness (QED) is 0.489. The average Bonchev–Trinajstić information content (AvgIpc) is 2.46. The van der Waals surface area contributed by atoms with Crippen LogP contribution in [0.15, 0.2) is 29.2 Å². The summed E-state index contributed by atoms with van der Waals surface area (Å²) >= 11 is 1.38. The van der Waals surface area contributed by atoms with Crippen molar-refractivity contribution in [3.8, 4) is 0 Å². The molecule has 1 heterocycles. The molecule has 1 aliphatic rings. The molecule has 1 aromatic rings. The monoisotopic (exact) mass is 331 g/mol. The lowest BCUT2D eigenvalue weighted by Gasteiger charge is -2.23. The van der Waals surface area contributed by atoms with E-state index in [1.165, 1.54) is 23.9 Å². The number of amides is 1. The molecule has 0 aliphatic carbocycles.